The molecule has 1 saturated heterocycles. The monoisotopic (exact) mass is 268 g/mol. The maximum atomic E-state index is 13.6. The van der Waals surface area contributed by atoms with Gasteiger partial charge in [-0.2, -0.15) is 0 Å². The summed E-state index contributed by atoms with van der Waals surface area (Å²) >= 11 is 0. The molecular formula is C14H18F2N2O. The molecule has 104 valence electrons. The molecule has 3 nitrogen and oxygen atoms in total. The van der Waals surface area contributed by atoms with Gasteiger partial charge in [-0.25, -0.2) is 8.78 Å². The molecule has 2 rings (SSSR count). The summed E-state index contributed by atoms with van der Waals surface area (Å²) in [4.78, 5) is 13.8. The Morgan fingerprint density at radius 1 is 1.47 bits per heavy atom. The average Bonchev–Trinajstić information content (AvgIpc) is 2.42. The summed E-state index contributed by atoms with van der Waals surface area (Å²) in [5.74, 6) is -2.47. The summed E-state index contributed by atoms with van der Waals surface area (Å²) < 4.78 is 26.8. The molecule has 5 heteroatoms. The minimum absolute atomic E-state index is 0.183. The van der Waals surface area contributed by atoms with E-state index in [0.717, 1.165) is 25.5 Å². The molecule has 19 heavy (non-hydrogen) atoms. The Labute approximate surface area is 111 Å². The number of carbonyl (C=O) groups excluding carboxylic acids is 1. The summed E-state index contributed by atoms with van der Waals surface area (Å²) in [6.45, 7) is 3.98. The molecule has 1 atom stereocenters. The Kier molecular flexibility index (Phi) is 4.47. The fourth-order valence-corrected chi connectivity index (χ4v) is 2.46. The molecular weight excluding hydrogens is 250 g/mol. The van der Waals surface area contributed by atoms with E-state index in [2.05, 4.69) is 5.32 Å². The van der Waals surface area contributed by atoms with Crippen molar-refractivity contribution in [3.63, 3.8) is 0 Å². The fourth-order valence-electron chi connectivity index (χ4n) is 2.46. The summed E-state index contributed by atoms with van der Waals surface area (Å²) in [7, 11) is 0. The van der Waals surface area contributed by atoms with Crippen molar-refractivity contribution >= 4 is 5.91 Å². The lowest BCUT2D eigenvalue weighted by molar-refractivity contribution is 0.0690. The first kappa shape index (κ1) is 13.9. The molecule has 1 N–H and O–H groups in total. The fraction of sp³-hybridized carbons (Fsp3) is 0.500. The van der Waals surface area contributed by atoms with Crippen LogP contribution in [0.3, 0.4) is 0 Å². The van der Waals surface area contributed by atoms with Gasteiger partial charge in [0.2, 0.25) is 0 Å². The van der Waals surface area contributed by atoms with Crippen LogP contribution >= 0.6 is 0 Å². The van der Waals surface area contributed by atoms with E-state index in [1.165, 1.54) is 12.1 Å². The number of nitrogens with zero attached hydrogens (tertiary/aromatic N) is 1. The number of hydrogen-bond acceptors (Lipinski definition) is 2. The van der Waals surface area contributed by atoms with Crippen molar-refractivity contribution in [1.82, 2.24) is 10.2 Å². The molecule has 1 aliphatic rings. The number of benzene rings is 1. The van der Waals surface area contributed by atoms with Crippen molar-refractivity contribution in [3.05, 3.63) is 35.4 Å². The van der Waals surface area contributed by atoms with Crippen molar-refractivity contribution in [1.29, 1.82) is 0 Å². The largest absolute Gasteiger partial charge is 0.337 e. The molecule has 1 heterocycles. The molecule has 0 aliphatic carbocycles. The number of amides is 1. The third-order valence-corrected chi connectivity index (χ3v) is 3.38. The van der Waals surface area contributed by atoms with Crippen LogP contribution in [0.5, 0.6) is 0 Å². The number of likely N-dealkylation sites (N-methyl/N-ethyl adjacent to an activating group) is 1. The van der Waals surface area contributed by atoms with Crippen LogP contribution in [0.2, 0.25) is 0 Å². The van der Waals surface area contributed by atoms with Gasteiger partial charge in [0.05, 0.1) is 5.56 Å². The highest BCUT2D eigenvalue weighted by Crippen LogP contribution is 2.17. The van der Waals surface area contributed by atoms with Crippen molar-refractivity contribution in [2.24, 2.45) is 0 Å². The second kappa shape index (κ2) is 6.10. The van der Waals surface area contributed by atoms with E-state index in [1.54, 1.807) is 4.90 Å². The van der Waals surface area contributed by atoms with Gasteiger partial charge in [-0.3, -0.25) is 4.79 Å². The molecule has 1 aromatic rings. The SMILES string of the molecule is CCNC1CCCN(C(=O)c2cccc(F)c2F)C1. The number of likely N-dealkylation sites (tertiary alicyclic amines) is 1. The number of hydrogen-bond donors (Lipinski definition) is 1. The maximum Gasteiger partial charge on any atom is 0.256 e. The van der Waals surface area contributed by atoms with Gasteiger partial charge in [-0.1, -0.05) is 13.0 Å². The number of nitrogens with one attached hydrogen (secondary N) is 1. The normalized spacial score (nSPS) is 19.5. The van der Waals surface area contributed by atoms with Crippen LogP contribution in [0.1, 0.15) is 30.1 Å². The number of carbonyl (C=O) groups is 1. The Morgan fingerprint density at radius 3 is 3.00 bits per heavy atom. The highest BCUT2D eigenvalue weighted by atomic mass is 19.2. The Hall–Kier alpha value is -1.49. The predicted octanol–water partition coefficient (Wildman–Crippen LogP) is 2.18. The highest BCUT2D eigenvalue weighted by Gasteiger charge is 2.26. The van der Waals surface area contributed by atoms with Gasteiger partial charge in [0.25, 0.3) is 5.91 Å². The third kappa shape index (κ3) is 3.10. The van der Waals surface area contributed by atoms with Gasteiger partial charge in [-0.15, -0.1) is 0 Å². The van der Waals surface area contributed by atoms with Gasteiger partial charge in [0, 0.05) is 19.1 Å². The lowest BCUT2D eigenvalue weighted by Gasteiger charge is -2.33. The molecule has 0 bridgehead atoms. The lowest BCUT2D eigenvalue weighted by Crippen LogP contribution is -2.48. The molecule has 0 aromatic heterocycles. The molecule has 1 aliphatic heterocycles. The van der Waals surface area contributed by atoms with Crippen LogP contribution in [0.4, 0.5) is 8.78 Å². The predicted molar refractivity (Wildman–Crippen MR) is 69.0 cm³/mol. The zero-order chi connectivity index (χ0) is 13.8. The summed E-state index contributed by atoms with van der Waals surface area (Å²) in [6, 6.07) is 3.94. The minimum atomic E-state index is -1.06. The molecule has 1 unspecified atom stereocenters. The van der Waals surface area contributed by atoms with Crippen LogP contribution in [0.15, 0.2) is 18.2 Å². The molecule has 0 saturated carbocycles. The van der Waals surface area contributed by atoms with Gasteiger partial charge < -0.3 is 10.2 Å². The van der Waals surface area contributed by atoms with Gasteiger partial charge in [-0.05, 0) is 31.5 Å². The first-order valence-electron chi connectivity index (χ1n) is 6.60. The van der Waals surface area contributed by atoms with Crippen LogP contribution in [0, 0.1) is 11.6 Å². The highest BCUT2D eigenvalue weighted by molar-refractivity contribution is 5.94. The van der Waals surface area contributed by atoms with E-state index >= 15 is 0 Å². The van der Waals surface area contributed by atoms with E-state index in [-0.39, 0.29) is 11.6 Å². The van der Waals surface area contributed by atoms with E-state index < -0.39 is 17.5 Å². The smallest absolute Gasteiger partial charge is 0.256 e. The van der Waals surface area contributed by atoms with Gasteiger partial charge in [0.1, 0.15) is 0 Å². The molecule has 1 fully saturated rings. The van der Waals surface area contributed by atoms with Crippen LogP contribution in [0.25, 0.3) is 0 Å². The van der Waals surface area contributed by atoms with Crippen molar-refractivity contribution in [2.75, 3.05) is 19.6 Å². The molecule has 1 amide bonds. The van der Waals surface area contributed by atoms with Crippen LogP contribution in [-0.4, -0.2) is 36.5 Å². The second-order valence-corrected chi connectivity index (χ2v) is 4.75. The van der Waals surface area contributed by atoms with Gasteiger partial charge >= 0.3 is 0 Å². The van der Waals surface area contributed by atoms with Crippen LogP contribution < -0.4 is 5.32 Å². The van der Waals surface area contributed by atoms with E-state index in [0.29, 0.717) is 13.1 Å². The number of piperidine rings is 1. The Bertz CT molecular complexity index is 463. The average molecular weight is 268 g/mol. The third-order valence-electron chi connectivity index (χ3n) is 3.38. The van der Waals surface area contributed by atoms with E-state index in [1.807, 2.05) is 6.92 Å². The summed E-state index contributed by atoms with van der Waals surface area (Å²) in [5, 5.41) is 3.29. The summed E-state index contributed by atoms with van der Waals surface area (Å²) in [6.07, 6.45) is 1.88. The zero-order valence-electron chi connectivity index (χ0n) is 11.0. The Morgan fingerprint density at radius 2 is 2.26 bits per heavy atom. The molecule has 0 spiro atoms. The van der Waals surface area contributed by atoms with Crippen molar-refractivity contribution < 1.29 is 13.6 Å². The maximum absolute atomic E-state index is 13.6. The van der Waals surface area contributed by atoms with Crippen LogP contribution in [-0.2, 0) is 0 Å². The first-order valence-corrected chi connectivity index (χ1v) is 6.60. The molecule has 0 radical (unpaired) electrons. The van der Waals surface area contributed by atoms with Crippen molar-refractivity contribution in [3.8, 4) is 0 Å². The van der Waals surface area contributed by atoms with Crippen molar-refractivity contribution in [2.45, 2.75) is 25.8 Å². The first-order chi connectivity index (χ1) is 9.13. The minimum Gasteiger partial charge on any atom is -0.337 e. The number of halogens is 2. The summed E-state index contributed by atoms with van der Waals surface area (Å²) in [5.41, 5.74) is -0.183. The number of rotatable bonds is 3. The van der Waals surface area contributed by atoms with E-state index in [4.69, 9.17) is 0 Å². The lowest BCUT2D eigenvalue weighted by atomic mass is 10.0. The second-order valence-electron chi connectivity index (χ2n) is 4.75. The zero-order valence-corrected chi connectivity index (χ0v) is 11.0. The Balaban J connectivity index is 2.12. The topological polar surface area (TPSA) is 32.3 Å². The van der Waals surface area contributed by atoms with Gasteiger partial charge in [0.15, 0.2) is 11.6 Å². The quantitative estimate of drug-likeness (QED) is 0.911. The standard InChI is InChI=1S/C14H18F2N2O/c1-2-17-10-5-4-8-18(9-10)14(19)11-6-3-7-12(15)13(11)16/h3,6-7,10,17H,2,4-5,8-9H2,1H3. The van der Waals surface area contributed by atoms with E-state index in [9.17, 15) is 13.6 Å². The molecule has 1 aromatic carbocycles.